The van der Waals surface area contributed by atoms with E-state index in [0.29, 0.717) is 11.3 Å². The highest BCUT2D eigenvalue weighted by atomic mass is 32.2. The summed E-state index contributed by atoms with van der Waals surface area (Å²) < 4.78 is 1.82. The van der Waals surface area contributed by atoms with Crippen molar-refractivity contribution in [3.8, 4) is 23.4 Å². The molecule has 0 saturated carbocycles. The first-order valence-electron chi connectivity index (χ1n) is 7.76. The van der Waals surface area contributed by atoms with Gasteiger partial charge < -0.3 is 4.98 Å². The van der Waals surface area contributed by atoms with Crippen LogP contribution in [-0.4, -0.2) is 30.0 Å². The molecule has 0 aromatic carbocycles. The molecule has 2 atom stereocenters. The van der Waals surface area contributed by atoms with Crippen LogP contribution < -0.4 is 0 Å². The molecule has 4 heterocycles. The number of nitrogens with zero attached hydrogens (tertiary/aromatic N) is 6. The molecule has 3 aromatic rings. The number of allylic oxidation sites excluding steroid dienone is 2. The molecule has 0 saturated heterocycles. The molecule has 3 aromatic heterocycles. The van der Waals surface area contributed by atoms with Crippen LogP contribution in [-0.2, 0) is 0 Å². The Morgan fingerprint density at radius 2 is 2.32 bits per heavy atom. The van der Waals surface area contributed by atoms with Crippen molar-refractivity contribution in [3.63, 3.8) is 0 Å². The summed E-state index contributed by atoms with van der Waals surface area (Å²) in [6.45, 7) is 0. The third kappa shape index (κ3) is 2.77. The fraction of sp³-hybridized carbons (Fsp3) is 0.235. The standard InChI is InChI=1S/C17H13N7S/c18-5-3-14(15-2-1-12(7-19)25-15)24-9-11(8-23-24)16-13-4-6-20-17(13)22-10-21-16/h1,4,6,8-10,14-15H,2-3H2,(H,20,21,22). The van der Waals surface area contributed by atoms with Crippen molar-refractivity contribution in [1.82, 2.24) is 24.7 Å². The maximum Gasteiger partial charge on any atom is 0.141 e. The van der Waals surface area contributed by atoms with Gasteiger partial charge in [0.15, 0.2) is 0 Å². The number of rotatable bonds is 4. The second-order valence-corrected chi connectivity index (χ2v) is 6.95. The second kappa shape index (κ2) is 6.42. The predicted molar refractivity (Wildman–Crippen MR) is 94.1 cm³/mol. The van der Waals surface area contributed by atoms with Gasteiger partial charge in [-0.2, -0.15) is 15.6 Å². The Labute approximate surface area is 148 Å². The molecule has 7 nitrogen and oxygen atoms in total. The average molecular weight is 347 g/mol. The number of aromatic amines is 1. The summed E-state index contributed by atoms with van der Waals surface area (Å²) >= 11 is 1.52. The lowest BCUT2D eigenvalue weighted by Crippen LogP contribution is -2.20. The zero-order chi connectivity index (χ0) is 17.2. The molecule has 0 bridgehead atoms. The summed E-state index contributed by atoms with van der Waals surface area (Å²) in [7, 11) is 0. The lowest BCUT2D eigenvalue weighted by molar-refractivity contribution is 0.448. The highest BCUT2D eigenvalue weighted by Crippen LogP contribution is 2.40. The molecule has 1 N–H and O–H groups in total. The quantitative estimate of drug-likeness (QED) is 0.776. The molecule has 25 heavy (non-hydrogen) atoms. The first-order chi connectivity index (χ1) is 12.3. The van der Waals surface area contributed by atoms with E-state index in [2.05, 4.69) is 32.2 Å². The zero-order valence-corrected chi connectivity index (χ0v) is 13.9. The van der Waals surface area contributed by atoms with Gasteiger partial charge in [-0.15, -0.1) is 11.8 Å². The molecule has 0 amide bonds. The van der Waals surface area contributed by atoms with Crippen molar-refractivity contribution in [2.24, 2.45) is 0 Å². The van der Waals surface area contributed by atoms with Crippen LogP contribution in [0, 0.1) is 22.7 Å². The normalized spacial score (nSPS) is 17.8. The van der Waals surface area contributed by atoms with E-state index >= 15 is 0 Å². The Bertz CT molecular complexity index is 1030. The van der Waals surface area contributed by atoms with Gasteiger partial charge in [0, 0.05) is 28.6 Å². The molecule has 0 fully saturated rings. The molecule has 122 valence electrons. The van der Waals surface area contributed by atoms with E-state index in [1.54, 1.807) is 6.20 Å². The number of nitriles is 2. The van der Waals surface area contributed by atoms with Crippen LogP contribution in [0.15, 0.2) is 42.0 Å². The van der Waals surface area contributed by atoms with Crippen molar-refractivity contribution >= 4 is 22.8 Å². The van der Waals surface area contributed by atoms with Crippen LogP contribution >= 0.6 is 11.8 Å². The first kappa shape index (κ1) is 15.4. The maximum atomic E-state index is 9.21. The summed E-state index contributed by atoms with van der Waals surface area (Å²) in [6.07, 6.45) is 10.1. The molecule has 8 heteroatoms. The lowest BCUT2D eigenvalue weighted by atomic mass is 10.1. The van der Waals surface area contributed by atoms with Crippen molar-refractivity contribution in [2.45, 2.75) is 24.1 Å². The molecule has 0 radical (unpaired) electrons. The van der Waals surface area contributed by atoms with Crippen LogP contribution in [0.3, 0.4) is 0 Å². The Kier molecular flexibility index (Phi) is 3.96. The summed E-state index contributed by atoms with van der Waals surface area (Å²) in [5.74, 6) is 0. The minimum absolute atomic E-state index is 0.0885. The highest BCUT2D eigenvalue weighted by molar-refractivity contribution is 8.04. The predicted octanol–water partition coefficient (Wildman–Crippen LogP) is 3.19. The van der Waals surface area contributed by atoms with Crippen molar-refractivity contribution in [3.05, 3.63) is 42.0 Å². The number of hydrogen-bond donors (Lipinski definition) is 1. The van der Waals surface area contributed by atoms with E-state index in [-0.39, 0.29) is 11.3 Å². The van der Waals surface area contributed by atoms with E-state index in [9.17, 15) is 5.26 Å². The van der Waals surface area contributed by atoms with E-state index in [0.717, 1.165) is 28.7 Å². The van der Waals surface area contributed by atoms with Crippen LogP contribution in [0.4, 0.5) is 0 Å². The van der Waals surface area contributed by atoms with Gasteiger partial charge in [0.25, 0.3) is 0 Å². The van der Waals surface area contributed by atoms with Crippen molar-refractivity contribution < 1.29 is 0 Å². The van der Waals surface area contributed by atoms with E-state index < -0.39 is 0 Å². The van der Waals surface area contributed by atoms with Gasteiger partial charge in [0.05, 0.1) is 35.3 Å². The largest absolute Gasteiger partial charge is 0.346 e. The Morgan fingerprint density at radius 1 is 1.40 bits per heavy atom. The first-order valence-corrected chi connectivity index (χ1v) is 8.64. The minimum atomic E-state index is -0.0885. The van der Waals surface area contributed by atoms with Gasteiger partial charge in [-0.25, -0.2) is 9.97 Å². The number of hydrogen-bond acceptors (Lipinski definition) is 6. The van der Waals surface area contributed by atoms with Gasteiger partial charge in [0.1, 0.15) is 18.0 Å². The Balaban J connectivity index is 1.66. The maximum absolute atomic E-state index is 9.21. The summed E-state index contributed by atoms with van der Waals surface area (Å²) in [4.78, 5) is 12.4. The van der Waals surface area contributed by atoms with E-state index in [1.807, 2.05) is 29.2 Å². The highest BCUT2D eigenvalue weighted by Gasteiger charge is 2.29. The third-order valence-corrected chi connectivity index (χ3v) is 5.54. The minimum Gasteiger partial charge on any atom is -0.346 e. The summed E-state index contributed by atoms with van der Waals surface area (Å²) in [5, 5.41) is 23.8. The molecular formula is C17H13N7S. The third-order valence-electron chi connectivity index (χ3n) is 4.22. The molecular weight excluding hydrogens is 334 g/mol. The lowest BCUT2D eigenvalue weighted by Gasteiger charge is -2.20. The second-order valence-electron chi connectivity index (χ2n) is 5.67. The van der Waals surface area contributed by atoms with Crippen LogP contribution in [0.25, 0.3) is 22.3 Å². The number of nitrogens with one attached hydrogen (secondary N) is 1. The molecule has 0 aliphatic carbocycles. The average Bonchev–Trinajstić information content (AvgIpc) is 3.39. The molecule has 2 unspecified atom stereocenters. The Hall–Kier alpha value is -3.10. The molecule has 1 aliphatic heterocycles. The SMILES string of the molecule is N#CCC(C1CC=C(C#N)S1)n1cc(-c2ncnc3[nH]ccc23)cn1. The van der Waals surface area contributed by atoms with Gasteiger partial charge in [-0.05, 0) is 12.5 Å². The fourth-order valence-corrected chi connectivity index (χ4v) is 4.16. The Morgan fingerprint density at radius 3 is 3.12 bits per heavy atom. The van der Waals surface area contributed by atoms with E-state index in [4.69, 9.17) is 5.26 Å². The number of aromatic nitrogens is 5. The number of thioether (sulfide) groups is 1. The molecule has 4 rings (SSSR count). The molecule has 1 aliphatic rings. The van der Waals surface area contributed by atoms with Gasteiger partial charge in [0.2, 0.25) is 0 Å². The van der Waals surface area contributed by atoms with Crippen molar-refractivity contribution in [1.29, 1.82) is 10.5 Å². The van der Waals surface area contributed by atoms with Gasteiger partial charge in [-0.3, -0.25) is 4.68 Å². The van der Waals surface area contributed by atoms with Gasteiger partial charge >= 0.3 is 0 Å². The number of H-pyrrole nitrogens is 1. The topological polar surface area (TPSA) is 107 Å². The smallest absolute Gasteiger partial charge is 0.141 e. The number of fused-ring (bicyclic) bond motifs is 1. The fourth-order valence-electron chi connectivity index (χ4n) is 3.02. The van der Waals surface area contributed by atoms with Gasteiger partial charge in [-0.1, -0.05) is 6.08 Å². The summed E-state index contributed by atoms with van der Waals surface area (Å²) in [6, 6.07) is 6.27. The van der Waals surface area contributed by atoms with Crippen LogP contribution in [0.1, 0.15) is 18.9 Å². The van der Waals surface area contributed by atoms with Crippen LogP contribution in [0.2, 0.25) is 0 Å². The monoisotopic (exact) mass is 347 g/mol. The van der Waals surface area contributed by atoms with Crippen molar-refractivity contribution in [2.75, 3.05) is 0 Å². The van der Waals surface area contributed by atoms with E-state index in [1.165, 1.54) is 18.1 Å². The van der Waals surface area contributed by atoms with Crippen LogP contribution in [0.5, 0.6) is 0 Å². The molecule has 0 spiro atoms. The zero-order valence-electron chi connectivity index (χ0n) is 13.1. The summed E-state index contributed by atoms with van der Waals surface area (Å²) in [5.41, 5.74) is 2.47.